The van der Waals surface area contributed by atoms with Crippen molar-refractivity contribution in [2.24, 2.45) is 11.5 Å². The van der Waals surface area contributed by atoms with Gasteiger partial charge < -0.3 is 20.9 Å². The molecule has 6 heteroatoms. The molecule has 0 bridgehead atoms. The summed E-state index contributed by atoms with van der Waals surface area (Å²) in [5.74, 6) is 0.616. The lowest BCUT2D eigenvalue weighted by Crippen LogP contribution is -2.19. The molecule has 0 fully saturated rings. The van der Waals surface area contributed by atoms with Crippen LogP contribution in [0.3, 0.4) is 0 Å². The van der Waals surface area contributed by atoms with E-state index in [-0.39, 0.29) is 0 Å². The summed E-state index contributed by atoms with van der Waals surface area (Å²) in [7, 11) is 0. The van der Waals surface area contributed by atoms with Crippen molar-refractivity contribution >= 4 is 12.2 Å². The number of nitrogens with two attached hydrogens (primary N) is 2. The molecule has 6 nitrogen and oxygen atoms in total. The Morgan fingerprint density at radius 2 is 1.29 bits per heavy atom. The second kappa shape index (κ2) is 4.50. The zero-order valence-corrected chi connectivity index (χ0v) is 7.62. The highest BCUT2D eigenvalue weighted by Gasteiger charge is 2.18. The molecule has 0 heterocycles. The second-order valence-corrected chi connectivity index (χ2v) is 2.90. The fraction of sp³-hybridized carbons (Fsp3) is 0.500. The zero-order valence-electron chi connectivity index (χ0n) is 7.62. The van der Waals surface area contributed by atoms with E-state index < -0.39 is 12.2 Å². The molecule has 1 aliphatic carbocycles. The van der Waals surface area contributed by atoms with Gasteiger partial charge in [0.05, 0.1) is 0 Å². The Kier molecular flexibility index (Phi) is 3.33. The zero-order chi connectivity index (χ0) is 10.6. The third kappa shape index (κ3) is 2.96. The van der Waals surface area contributed by atoms with Crippen LogP contribution in [0.4, 0.5) is 9.59 Å². The van der Waals surface area contributed by atoms with Gasteiger partial charge in [0, 0.05) is 12.8 Å². The van der Waals surface area contributed by atoms with Gasteiger partial charge in [-0.1, -0.05) is 0 Å². The lowest BCUT2D eigenvalue weighted by atomic mass is 10.0. The van der Waals surface area contributed by atoms with E-state index in [1.807, 2.05) is 0 Å². The summed E-state index contributed by atoms with van der Waals surface area (Å²) in [6.07, 6.45) is 0.986. The van der Waals surface area contributed by atoms with Crippen LogP contribution in [0.1, 0.15) is 25.7 Å². The Morgan fingerprint density at radius 3 is 1.57 bits per heavy atom. The minimum atomic E-state index is -0.910. The number of rotatable bonds is 2. The molecule has 4 N–H and O–H groups in total. The minimum Gasteiger partial charge on any atom is -0.411 e. The quantitative estimate of drug-likeness (QED) is 0.692. The van der Waals surface area contributed by atoms with Crippen LogP contribution in [0.25, 0.3) is 0 Å². The van der Waals surface area contributed by atoms with Crippen LogP contribution in [-0.2, 0) is 9.47 Å². The number of hydrogen-bond acceptors (Lipinski definition) is 4. The minimum absolute atomic E-state index is 0.308. The highest BCUT2D eigenvalue weighted by Crippen LogP contribution is 2.26. The van der Waals surface area contributed by atoms with Crippen LogP contribution in [0.15, 0.2) is 11.5 Å². The number of primary amides is 2. The number of amides is 2. The lowest BCUT2D eigenvalue weighted by Gasteiger charge is -2.17. The van der Waals surface area contributed by atoms with E-state index in [9.17, 15) is 9.59 Å². The maximum Gasteiger partial charge on any atom is 0.409 e. The third-order valence-electron chi connectivity index (χ3n) is 1.82. The third-order valence-corrected chi connectivity index (χ3v) is 1.82. The van der Waals surface area contributed by atoms with Crippen LogP contribution in [-0.4, -0.2) is 12.2 Å². The van der Waals surface area contributed by atoms with Gasteiger partial charge in [0.25, 0.3) is 0 Å². The molecule has 0 radical (unpaired) electrons. The summed E-state index contributed by atoms with van der Waals surface area (Å²) < 4.78 is 9.38. The van der Waals surface area contributed by atoms with Crippen molar-refractivity contribution in [3.8, 4) is 0 Å². The van der Waals surface area contributed by atoms with Gasteiger partial charge in [-0.05, 0) is 12.8 Å². The average molecular weight is 200 g/mol. The molecule has 0 spiro atoms. The number of carbonyl (C=O) groups is 2. The standard InChI is InChI=1S/C8H12N2O4/c9-7(11)13-5-3-1-2-4-6(5)14-8(10)12/h1-4H2,(H2,9,11)(H2,10,12). The molecular formula is C8H12N2O4. The van der Waals surface area contributed by atoms with Crippen molar-refractivity contribution in [1.82, 2.24) is 0 Å². The van der Waals surface area contributed by atoms with E-state index in [1.165, 1.54) is 0 Å². The monoisotopic (exact) mass is 200 g/mol. The van der Waals surface area contributed by atoms with Crippen LogP contribution in [0, 0.1) is 0 Å². The van der Waals surface area contributed by atoms with Gasteiger partial charge in [0.15, 0.2) is 0 Å². The first-order valence-corrected chi connectivity index (χ1v) is 4.26. The smallest absolute Gasteiger partial charge is 0.409 e. The molecule has 2 amide bonds. The van der Waals surface area contributed by atoms with E-state index in [1.54, 1.807) is 0 Å². The predicted molar refractivity (Wildman–Crippen MR) is 46.8 cm³/mol. The fourth-order valence-corrected chi connectivity index (χ4v) is 1.31. The average Bonchev–Trinajstić information content (AvgIpc) is 2.06. The van der Waals surface area contributed by atoms with Gasteiger partial charge in [-0.3, -0.25) is 0 Å². The molecule has 0 saturated heterocycles. The maximum atomic E-state index is 10.5. The van der Waals surface area contributed by atoms with Gasteiger partial charge in [0.2, 0.25) is 0 Å². The Bertz CT molecular complexity index is 257. The maximum absolute atomic E-state index is 10.5. The SMILES string of the molecule is NC(=O)OC1=C(OC(N)=O)CCCC1. The van der Waals surface area contributed by atoms with Crippen molar-refractivity contribution in [3.05, 3.63) is 11.5 Å². The van der Waals surface area contributed by atoms with E-state index in [0.717, 1.165) is 12.8 Å². The molecule has 1 rings (SSSR count). The summed E-state index contributed by atoms with van der Waals surface area (Å²) in [4.78, 5) is 21.0. The van der Waals surface area contributed by atoms with Crippen LogP contribution < -0.4 is 11.5 Å². The molecule has 78 valence electrons. The first-order chi connectivity index (χ1) is 6.59. The van der Waals surface area contributed by atoms with Crippen LogP contribution >= 0.6 is 0 Å². The molecule has 0 saturated carbocycles. The van der Waals surface area contributed by atoms with E-state index in [2.05, 4.69) is 0 Å². The highest BCUT2D eigenvalue weighted by molar-refractivity contribution is 5.67. The van der Waals surface area contributed by atoms with Crippen molar-refractivity contribution in [2.75, 3.05) is 0 Å². The molecule has 0 aromatic rings. The summed E-state index contributed by atoms with van der Waals surface area (Å²) in [6.45, 7) is 0. The summed E-state index contributed by atoms with van der Waals surface area (Å²) in [6, 6.07) is 0. The number of ether oxygens (including phenoxy) is 2. The highest BCUT2D eigenvalue weighted by atomic mass is 16.6. The Labute approximate surface area is 80.8 Å². The number of allylic oxidation sites excluding steroid dienone is 2. The Morgan fingerprint density at radius 1 is 0.929 bits per heavy atom. The number of carbonyl (C=O) groups excluding carboxylic acids is 2. The molecule has 0 aromatic heterocycles. The molecule has 0 aliphatic heterocycles. The molecule has 0 aromatic carbocycles. The normalized spacial score (nSPS) is 16.3. The topological polar surface area (TPSA) is 105 Å². The Balaban J connectivity index is 2.73. The van der Waals surface area contributed by atoms with Gasteiger partial charge in [0.1, 0.15) is 11.5 Å². The van der Waals surface area contributed by atoms with Gasteiger partial charge in [-0.15, -0.1) is 0 Å². The van der Waals surface area contributed by atoms with Crippen molar-refractivity contribution in [1.29, 1.82) is 0 Å². The first kappa shape index (κ1) is 10.4. The van der Waals surface area contributed by atoms with Crippen molar-refractivity contribution in [2.45, 2.75) is 25.7 Å². The molecule has 1 aliphatic rings. The molecule has 0 unspecified atom stereocenters. The fourth-order valence-electron chi connectivity index (χ4n) is 1.31. The van der Waals surface area contributed by atoms with Gasteiger partial charge >= 0.3 is 12.2 Å². The lowest BCUT2D eigenvalue weighted by molar-refractivity contribution is 0.152. The van der Waals surface area contributed by atoms with Crippen LogP contribution in [0.5, 0.6) is 0 Å². The van der Waals surface area contributed by atoms with Crippen molar-refractivity contribution in [3.63, 3.8) is 0 Å². The van der Waals surface area contributed by atoms with E-state index in [4.69, 9.17) is 20.9 Å². The molecule has 14 heavy (non-hydrogen) atoms. The van der Waals surface area contributed by atoms with Gasteiger partial charge in [-0.2, -0.15) is 0 Å². The van der Waals surface area contributed by atoms with Crippen molar-refractivity contribution < 1.29 is 19.1 Å². The largest absolute Gasteiger partial charge is 0.411 e. The number of hydrogen-bond donors (Lipinski definition) is 2. The molecular weight excluding hydrogens is 188 g/mol. The van der Waals surface area contributed by atoms with E-state index >= 15 is 0 Å². The summed E-state index contributed by atoms with van der Waals surface area (Å²) >= 11 is 0. The summed E-state index contributed by atoms with van der Waals surface area (Å²) in [5.41, 5.74) is 9.70. The van der Waals surface area contributed by atoms with Gasteiger partial charge in [-0.25, -0.2) is 9.59 Å². The summed E-state index contributed by atoms with van der Waals surface area (Å²) in [5, 5.41) is 0. The first-order valence-electron chi connectivity index (χ1n) is 4.26. The van der Waals surface area contributed by atoms with Crippen LogP contribution in [0.2, 0.25) is 0 Å². The molecule has 0 atom stereocenters. The Hall–Kier alpha value is -1.72. The van der Waals surface area contributed by atoms with E-state index in [0.29, 0.717) is 24.4 Å². The predicted octanol–water partition coefficient (Wildman–Crippen LogP) is 0.963. The second-order valence-electron chi connectivity index (χ2n) is 2.90.